The maximum atomic E-state index is 12.4. The highest BCUT2D eigenvalue weighted by molar-refractivity contribution is 7.98. The number of ether oxygens (including phenoxy) is 1. The largest absolute Gasteiger partial charge is 0.378 e. The van der Waals surface area contributed by atoms with Gasteiger partial charge in [-0.2, -0.15) is 5.10 Å². The SMILES string of the molecule is Cc1cc(C)nc(SCc2ccc(C(=O)N/N=C/c3ccc(N4CCOCC4)cc3)cc2)n1. The summed E-state index contributed by atoms with van der Waals surface area (Å²) in [5, 5.41) is 4.86. The van der Waals surface area contributed by atoms with Crippen LogP contribution in [0.5, 0.6) is 0 Å². The standard InChI is InChI=1S/C25H27N5O2S/c1-18-15-19(2)28-25(27-18)33-17-21-3-7-22(8-4-21)24(31)29-26-16-20-5-9-23(10-6-20)30-11-13-32-14-12-30/h3-10,15-16H,11-14,17H2,1-2H3,(H,29,31)/b26-16+. The Labute approximate surface area is 198 Å². The lowest BCUT2D eigenvalue weighted by Gasteiger charge is -2.28. The van der Waals surface area contributed by atoms with E-state index in [0.717, 1.165) is 59.7 Å². The number of carbonyl (C=O) groups is 1. The van der Waals surface area contributed by atoms with Crippen LogP contribution in [0, 0.1) is 13.8 Å². The number of hydrazone groups is 1. The molecule has 4 rings (SSSR count). The van der Waals surface area contributed by atoms with Crippen molar-refractivity contribution < 1.29 is 9.53 Å². The molecule has 0 unspecified atom stereocenters. The number of rotatable bonds is 7. The molecule has 1 saturated heterocycles. The number of nitrogens with one attached hydrogen (secondary N) is 1. The first-order chi connectivity index (χ1) is 16.1. The zero-order valence-corrected chi connectivity index (χ0v) is 19.6. The molecular weight excluding hydrogens is 434 g/mol. The normalized spacial score (nSPS) is 13.9. The van der Waals surface area contributed by atoms with Crippen LogP contribution >= 0.6 is 11.8 Å². The molecule has 1 N–H and O–H groups in total. The van der Waals surface area contributed by atoms with Crippen molar-refractivity contribution in [1.82, 2.24) is 15.4 Å². The molecule has 1 aliphatic heterocycles. The number of hydrogen-bond donors (Lipinski definition) is 1. The average molecular weight is 462 g/mol. The molecule has 0 radical (unpaired) electrons. The van der Waals surface area contributed by atoms with Crippen LogP contribution in [-0.4, -0.2) is 48.4 Å². The van der Waals surface area contributed by atoms with E-state index >= 15 is 0 Å². The minimum atomic E-state index is -0.243. The molecule has 0 aliphatic carbocycles. The first-order valence-corrected chi connectivity index (χ1v) is 11.9. The smallest absolute Gasteiger partial charge is 0.271 e. The van der Waals surface area contributed by atoms with Crippen molar-refractivity contribution in [1.29, 1.82) is 0 Å². The summed E-state index contributed by atoms with van der Waals surface area (Å²) in [7, 11) is 0. The van der Waals surface area contributed by atoms with Crippen LogP contribution in [0.4, 0.5) is 5.69 Å². The molecule has 33 heavy (non-hydrogen) atoms. The second kappa shape index (κ2) is 11.1. The highest BCUT2D eigenvalue weighted by Crippen LogP contribution is 2.20. The van der Waals surface area contributed by atoms with Gasteiger partial charge in [0, 0.05) is 41.5 Å². The molecule has 8 heteroatoms. The van der Waals surface area contributed by atoms with Crippen LogP contribution in [0.15, 0.2) is 64.9 Å². The van der Waals surface area contributed by atoms with Gasteiger partial charge in [-0.3, -0.25) is 4.79 Å². The number of morpholine rings is 1. The summed E-state index contributed by atoms with van der Waals surface area (Å²) < 4.78 is 5.39. The predicted molar refractivity (Wildman–Crippen MR) is 132 cm³/mol. The molecule has 2 aromatic carbocycles. The molecule has 170 valence electrons. The van der Waals surface area contributed by atoms with E-state index < -0.39 is 0 Å². The van der Waals surface area contributed by atoms with Crippen LogP contribution in [0.2, 0.25) is 0 Å². The van der Waals surface area contributed by atoms with Crippen molar-refractivity contribution in [3.63, 3.8) is 0 Å². The fraction of sp³-hybridized carbons (Fsp3) is 0.280. The molecule has 7 nitrogen and oxygen atoms in total. The molecule has 1 aromatic heterocycles. The Morgan fingerprint density at radius 2 is 1.73 bits per heavy atom. The van der Waals surface area contributed by atoms with Gasteiger partial charge >= 0.3 is 0 Å². The Morgan fingerprint density at radius 3 is 2.39 bits per heavy atom. The lowest BCUT2D eigenvalue weighted by Crippen LogP contribution is -2.36. The Kier molecular flexibility index (Phi) is 7.70. The minimum Gasteiger partial charge on any atom is -0.378 e. The first kappa shape index (κ1) is 22.9. The molecule has 0 bridgehead atoms. The van der Waals surface area contributed by atoms with Crippen LogP contribution in [-0.2, 0) is 10.5 Å². The summed E-state index contributed by atoms with van der Waals surface area (Å²) in [4.78, 5) is 23.6. The minimum absolute atomic E-state index is 0.243. The maximum absolute atomic E-state index is 12.4. The van der Waals surface area contributed by atoms with Gasteiger partial charge in [0.25, 0.3) is 5.91 Å². The quantitative estimate of drug-likeness (QED) is 0.248. The number of benzene rings is 2. The van der Waals surface area contributed by atoms with Gasteiger partial charge in [0.2, 0.25) is 0 Å². The van der Waals surface area contributed by atoms with Gasteiger partial charge in [-0.1, -0.05) is 36.0 Å². The highest BCUT2D eigenvalue weighted by atomic mass is 32.2. The van der Waals surface area contributed by atoms with E-state index in [0.29, 0.717) is 5.56 Å². The Morgan fingerprint density at radius 1 is 1.06 bits per heavy atom. The van der Waals surface area contributed by atoms with Crippen LogP contribution in [0.3, 0.4) is 0 Å². The molecule has 3 aromatic rings. The monoisotopic (exact) mass is 461 g/mol. The third-order valence-electron chi connectivity index (χ3n) is 5.19. The summed E-state index contributed by atoms with van der Waals surface area (Å²) >= 11 is 1.58. The van der Waals surface area contributed by atoms with Gasteiger partial charge in [0.05, 0.1) is 19.4 Å². The van der Waals surface area contributed by atoms with E-state index in [1.54, 1.807) is 30.1 Å². The Hall–Kier alpha value is -3.23. The van der Waals surface area contributed by atoms with E-state index in [9.17, 15) is 4.79 Å². The number of amides is 1. The van der Waals surface area contributed by atoms with Crippen LogP contribution in [0.1, 0.15) is 32.9 Å². The fourth-order valence-corrected chi connectivity index (χ4v) is 4.39. The highest BCUT2D eigenvalue weighted by Gasteiger charge is 2.10. The molecular formula is C25H27N5O2S. The summed E-state index contributed by atoms with van der Waals surface area (Å²) in [6.45, 7) is 7.26. The van der Waals surface area contributed by atoms with Crippen LogP contribution < -0.4 is 10.3 Å². The first-order valence-electron chi connectivity index (χ1n) is 10.9. The molecule has 0 atom stereocenters. The Bertz CT molecular complexity index is 1090. The van der Waals surface area contributed by atoms with Gasteiger partial charge in [0.15, 0.2) is 5.16 Å². The number of thioether (sulfide) groups is 1. The summed E-state index contributed by atoms with van der Waals surface area (Å²) in [6.07, 6.45) is 1.65. The van der Waals surface area contributed by atoms with Crippen LogP contribution in [0.25, 0.3) is 0 Å². The maximum Gasteiger partial charge on any atom is 0.271 e. The van der Waals surface area contributed by atoms with Crippen molar-refractivity contribution in [3.8, 4) is 0 Å². The Balaban J connectivity index is 1.27. The topological polar surface area (TPSA) is 79.7 Å². The van der Waals surface area contributed by atoms with Crippen molar-refractivity contribution in [2.75, 3.05) is 31.2 Å². The lowest BCUT2D eigenvalue weighted by molar-refractivity contribution is 0.0955. The van der Waals surface area contributed by atoms with E-state index in [1.165, 1.54) is 5.69 Å². The molecule has 1 amide bonds. The molecule has 1 fully saturated rings. The average Bonchev–Trinajstić information content (AvgIpc) is 2.83. The molecule has 2 heterocycles. The lowest BCUT2D eigenvalue weighted by atomic mass is 10.1. The summed E-state index contributed by atoms with van der Waals surface area (Å²) in [6, 6.07) is 17.6. The van der Waals surface area contributed by atoms with Gasteiger partial charge in [-0.15, -0.1) is 0 Å². The van der Waals surface area contributed by atoms with E-state index in [1.807, 2.05) is 44.2 Å². The van der Waals surface area contributed by atoms with Crippen molar-refractivity contribution in [3.05, 3.63) is 82.7 Å². The number of carbonyl (C=O) groups excluding carboxylic acids is 1. The van der Waals surface area contributed by atoms with Gasteiger partial charge in [-0.25, -0.2) is 15.4 Å². The second-order valence-electron chi connectivity index (χ2n) is 7.81. The number of aryl methyl sites for hydroxylation is 2. The van der Waals surface area contributed by atoms with Crippen molar-refractivity contribution in [2.45, 2.75) is 24.8 Å². The van der Waals surface area contributed by atoms with Gasteiger partial charge in [-0.05, 0) is 55.3 Å². The number of nitrogens with zero attached hydrogens (tertiary/aromatic N) is 4. The van der Waals surface area contributed by atoms with E-state index in [2.05, 4.69) is 37.5 Å². The zero-order valence-electron chi connectivity index (χ0n) is 18.8. The summed E-state index contributed by atoms with van der Waals surface area (Å²) in [5.41, 5.74) is 8.27. The van der Waals surface area contributed by atoms with E-state index in [-0.39, 0.29) is 5.91 Å². The van der Waals surface area contributed by atoms with E-state index in [4.69, 9.17) is 4.74 Å². The van der Waals surface area contributed by atoms with Gasteiger partial charge in [0.1, 0.15) is 0 Å². The fourth-order valence-electron chi connectivity index (χ4n) is 3.48. The van der Waals surface area contributed by atoms with Gasteiger partial charge < -0.3 is 9.64 Å². The third kappa shape index (κ3) is 6.63. The van der Waals surface area contributed by atoms with Crippen molar-refractivity contribution >= 4 is 29.6 Å². The molecule has 0 saturated carbocycles. The second-order valence-corrected chi connectivity index (χ2v) is 8.75. The zero-order chi connectivity index (χ0) is 23.0. The third-order valence-corrected chi connectivity index (χ3v) is 6.11. The predicted octanol–water partition coefficient (Wildman–Crippen LogP) is 3.99. The summed E-state index contributed by atoms with van der Waals surface area (Å²) in [5.74, 6) is 0.497. The number of aromatic nitrogens is 2. The van der Waals surface area contributed by atoms with Crippen molar-refractivity contribution in [2.24, 2.45) is 5.10 Å². The molecule has 1 aliphatic rings. The number of hydrogen-bond acceptors (Lipinski definition) is 7. The number of anilines is 1. The molecule has 0 spiro atoms.